The van der Waals surface area contributed by atoms with Crippen LogP contribution >= 0.6 is 0 Å². The summed E-state index contributed by atoms with van der Waals surface area (Å²) >= 11 is -1.87. The molecule has 0 fully saturated rings. The average molecular weight is 312 g/mol. The highest BCUT2D eigenvalue weighted by Crippen LogP contribution is 2.01. The third kappa shape index (κ3) is 3.24. The van der Waals surface area contributed by atoms with Crippen molar-refractivity contribution in [2.45, 2.75) is 0 Å². The molecule has 0 aliphatic carbocycles. The van der Waals surface area contributed by atoms with Crippen molar-refractivity contribution in [1.82, 2.24) is 0 Å². The van der Waals surface area contributed by atoms with Crippen LogP contribution in [0.2, 0.25) is 0 Å². The summed E-state index contributed by atoms with van der Waals surface area (Å²) in [5.41, 5.74) is 0. The van der Waals surface area contributed by atoms with Crippen LogP contribution < -0.4 is 13.3 Å². The first-order valence-corrected chi connectivity index (χ1v) is 8.63. The molecule has 0 aliphatic heterocycles. The van der Waals surface area contributed by atoms with Gasteiger partial charge in [-0.2, -0.15) is 0 Å². The van der Waals surface area contributed by atoms with E-state index in [-0.39, 0.29) is 17.5 Å². The second kappa shape index (κ2) is 6.39. The Labute approximate surface area is 131 Å². The van der Waals surface area contributed by atoms with Gasteiger partial charge in [0, 0.05) is 0 Å². The molecule has 0 spiro atoms. The lowest BCUT2D eigenvalue weighted by Gasteiger charge is -2.14. The molecule has 0 atom stereocenters. The van der Waals surface area contributed by atoms with Crippen LogP contribution in [0.3, 0.4) is 0 Å². The number of hydrogen-bond donors (Lipinski definition) is 0. The van der Waals surface area contributed by atoms with Crippen LogP contribution in [0.25, 0.3) is 0 Å². The molecule has 3 aromatic rings. The van der Waals surface area contributed by atoms with Gasteiger partial charge in [0.25, 0.3) is 0 Å². The van der Waals surface area contributed by atoms with E-state index in [0.29, 0.717) is 0 Å². The molecule has 3 aromatic carbocycles. The highest BCUT2D eigenvalue weighted by Gasteiger charge is 2.25. The maximum atomic E-state index is 13.2. The van der Waals surface area contributed by atoms with Crippen molar-refractivity contribution in [3.8, 4) is 0 Å². The molecule has 0 amide bonds. The van der Waals surface area contributed by atoms with Crippen LogP contribution in [0.5, 0.6) is 0 Å². The first-order valence-electron chi connectivity index (χ1n) is 6.90. The van der Waals surface area contributed by atoms with Crippen LogP contribution in [0.1, 0.15) is 0 Å². The minimum atomic E-state index is -1.87. The first kappa shape index (κ1) is 14.9. The zero-order valence-corrected chi connectivity index (χ0v) is 12.8. The van der Waals surface area contributed by atoms with Gasteiger partial charge >= 0.3 is 14.1 Å². The van der Waals surface area contributed by atoms with Gasteiger partial charge in [-0.3, -0.25) is 0 Å². The minimum Gasteiger partial charge on any atom is -0.207 e. The SMILES string of the molecule is Fc1cc[c]([Al]([c]2ccc(F)cc2)[c]2ccc(F)cc2)cc1. The fourth-order valence-corrected chi connectivity index (χ4v) is 5.43. The second-order valence-corrected chi connectivity index (χ2v) is 7.95. The molecule has 0 aliphatic rings. The molecule has 3 rings (SSSR count). The van der Waals surface area contributed by atoms with E-state index >= 15 is 0 Å². The molecule has 0 aromatic heterocycles. The standard InChI is InChI=1S/3C6H4F.Al/c3*7-6-4-2-1-3-5-6;/h3*2-5H;. The van der Waals surface area contributed by atoms with Gasteiger partial charge in [0.2, 0.25) is 0 Å². The van der Waals surface area contributed by atoms with Crippen molar-refractivity contribution in [2.24, 2.45) is 0 Å². The van der Waals surface area contributed by atoms with Crippen LogP contribution in [0.4, 0.5) is 13.2 Å². The molecule has 0 radical (unpaired) electrons. The van der Waals surface area contributed by atoms with Crippen molar-refractivity contribution < 1.29 is 13.2 Å². The number of benzene rings is 3. The summed E-state index contributed by atoms with van der Waals surface area (Å²) in [5.74, 6) is -0.890. The Morgan fingerprint density at radius 3 is 0.864 bits per heavy atom. The average Bonchev–Trinajstić information content (AvgIpc) is 2.53. The zero-order valence-electron chi connectivity index (χ0n) is 11.6. The van der Waals surface area contributed by atoms with Crippen LogP contribution in [0, 0.1) is 17.5 Å². The van der Waals surface area contributed by atoms with Crippen LogP contribution in [-0.4, -0.2) is 14.1 Å². The molecule has 108 valence electrons. The summed E-state index contributed by atoms with van der Waals surface area (Å²) in [6.07, 6.45) is 0. The Bertz CT molecular complexity index is 642. The highest BCUT2D eigenvalue weighted by atomic mass is 27.2. The quantitative estimate of drug-likeness (QED) is 0.652. The highest BCUT2D eigenvalue weighted by molar-refractivity contribution is 6.95. The number of rotatable bonds is 3. The van der Waals surface area contributed by atoms with E-state index in [2.05, 4.69) is 0 Å². The maximum Gasteiger partial charge on any atom is 0.383 e. The topological polar surface area (TPSA) is 0 Å². The molecule has 0 bridgehead atoms. The zero-order chi connectivity index (χ0) is 15.5. The van der Waals surface area contributed by atoms with Crippen LogP contribution in [0.15, 0.2) is 72.8 Å². The van der Waals surface area contributed by atoms with E-state index in [9.17, 15) is 13.2 Å². The molecule has 0 heterocycles. The summed E-state index contributed by atoms with van der Waals surface area (Å²) in [6.45, 7) is 0. The molecule has 4 heteroatoms. The van der Waals surface area contributed by atoms with Crippen molar-refractivity contribution in [3.05, 3.63) is 90.2 Å². The fourth-order valence-electron chi connectivity index (χ4n) is 2.54. The lowest BCUT2D eigenvalue weighted by Crippen LogP contribution is -2.51. The molecule has 0 nitrogen and oxygen atoms in total. The summed E-state index contributed by atoms with van der Waals surface area (Å²) in [6, 6.07) is 19.0. The molecule has 0 unspecified atom stereocenters. The van der Waals surface area contributed by atoms with Gasteiger partial charge in [0.15, 0.2) is 0 Å². The fraction of sp³-hybridized carbons (Fsp3) is 0. The molecular weight excluding hydrogens is 300 g/mol. The second-order valence-electron chi connectivity index (χ2n) is 5.09. The van der Waals surface area contributed by atoms with Crippen LogP contribution in [-0.2, 0) is 0 Å². The number of halogens is 3. The molecular formula is C18H12AlF3. The van der Waals surface area contributed by atoms with Gasteiger partial charge in [-0.15, -0.1) is 0 Å². The summed E-state index contributed by atoms with van der Waals surface area (Å²) in [7, 11) is 0. The molecule has 0 saturated heterocycles. The molecule has 0 N–H and O–H groups in total. The van der Waals surface area contributed by atoms with Gasteiger partial charge in [0.1, 0.15) is 17.5 Å². The smallest absolute Gasteiger partial charge is 0.207 e. The summed E-state index contributed by atoms with van der Waals surface area (Å²) in [5, 5.41) is 0. The van der Waals surface area contributed by atoms with E-state index in [1.54, 1.807) is 36.4 Å². The van der Waals surface area contributed by atoms with Gasteiger partial charge in [-0.05, 0) is 36.4 Å². The minimum absolute atomic E-state index is 0.297. The van der Waals surface area contributed by atoms with Crippen molar-refractivity contribution in [2.75, 3.05) is 0 Å². The van der Waals surface area contributed by atoms with Crippen molar-refractivity contribution in [1.29, 1.82) is 0 Å². The van der Waals surface area contributed by atoms with E-state index in [0.717, 1.165) is 13.3 Å². The first-order chi connectivity index (χ1) is 10.6. The molecule has 0 saturated carbocycles. The summed E-state index contributed by atoms with van der Waals surface area (Å²) in [4.78, 5) is 0. The third-order valence-electron chi connectivity index (χ3n) is 3.61. The third-order valence-corrected chi connectivity index (χ3v) is 6.76. The molecule has 22 heavy (non-hydrogen) atoms. The van der Waals surface area contributed by atoms with Crippen molar-refractivity contribution in [3.63, 3.8) is 0 Å². The lowest BCUT2D eigenvalue weighted by atomic mass is 10.3. The van der Waals surface area contributed by atoms with Gasteiger partial charge in [-0.1, -0.05) is 49.7 Å². The van der Waals surface area contributed by atoms with E-state index in [4.69, 9.17) is 0 Å². The largest absolute Gasteiger partial charge is 0.383 e. The Morgan fingerprint density at radius 2 is 0.636 bits per heavy atom. The van der Waals surface area contributed by atoms with E-state index in [1.807, 2.05) is 0 Å². The van der Waals surface area contributed by atoms with Crippen molar-refractivity contribution >= 4 is 27.4 Å². The lowest BCUT2D eigenvalue weighted by molar-refractivity contribution is 0.628. The summed E-state index contributed by atoms with van der Waals surface area (Å²) < 4.78 is 42.5. The number of hydrogen-bond acceptors (Lipinski definition) is 0. The Balaban J connectivity index is 2.10. The normalized spacial score (nSPS) is 10.5. The predicted molar refractivity (Wildman–Crippen MR) is 83.9 cm³/mol. The van der Waals surface area contributed by atoms with Gasteiger partial charge < -0.3 is 0 Å². The van der Waals surface area contributed by atoms with Gasteiger partial charge in [0.05, 0.1) is 0 Å². The van der Waals surface area contributed by atoms with E-state index in [1.165, 1.54) is 36.4 Å². The van der Waals surface area contributed by atoms with E-state index < -0.39 is 14.1 Å². The van der Waals surface area contributed by atoms with Gasteiger partial charge in [-0.25, -0.2) is 13.2 Å². The Kier molecular flexibility index (Phi) is 4.33. The Morgan fingerprint density at radius 1 is 0.409 bits per heavy atom. The monoisotopic (exact) mass is 312 g/mol. The maximum absolute atomic E-state index is 13.2. The predicted octanol–water partition coefficient (Wildman–Crippen LogP) is 2.62. The Hall–Kier alpha value is -2.02.